The molecule has 3 nitrogen and oxygen atoms in total. The summed E-state index contributed by atoms with van der Waals surface area (Å²) in [5, 5.41) is 0. The molecule has 4 rings (SSSR count). The molecule has 1 atom stereocenters. The van der Waals surface area contributed by atoms with Crippen molar-refractivity contribution in [3.63, 3.8) is 0 Å². The van der Waals surface area contributed by atoms with E-state index in [0.29, 0.717) is 12.5 Å². The van der Waals surface area contributed by atoms with Crippen LogP contribution in [0.5, 0.6) is 0 Å². The molecule has 0 aromatic carbocycles. The SMILES string of the molecule is CC(C)(C)OC(=O)N1CC(C23CC2(F)C3)C2(CC2)C1. The van der Waals surface area contributed by atoms with Crippen LogP contribution in [0, 0.1) is 16.7 Å². The largest absolute Gasteiger partial charge is 0.444 e. The van der Waals surface area contributed by atoms with Gasteiger partial charge in [0.05, 0.1) is 0 Å². The Labute approximate surface area is 113 Å². The lowest BCUT2D eigenvalue weighted by atomic mass is 9.84. The van der Waals surface area contributed by atoms with Crippen molar-refractivity contribution in [1.82, 2.24) is 4.90 Å². The van der Waals surface area contributed by atoms with Gasteiger partial charge in [0.1, 0.15) is 11.3 Å². The molecule has 4 aliphatic rings. The molecule has 1 amide bonds. The summed E-state index contributed by atoms with van der Waals surface area (Å²) in [6, 6.07) is 0. The van der Waals surface area contributed by atoms with E-state index in [4.69, 9.17) is 4.74 Å². The fraction of sp³-hybridized carbons (Fsp3) is 0.933. The number of fused-ring (bicyclic) bond motifs is 1. The summed E-state index contributed by atoms with van der Waals surface area (Å²) in [6.07, 6.45) is 3.59. The van der Waals surface area contributed by atoms with E-state index in [9.17, 15) is 9.18 Å². The summed E-state index contributed by atoms with van der Waals surface area (Å²) < 4.78 is 19.5. The molecule has 0 radical (unpaired) electrons. The van der Waals surface area contributed by atoms with Crippen molar-refractivity contribution < 1.29 is 13.9 Å². The third kappa shape index (κ3) is 1.52. The highest BCUT2D eigenvalue weighted by Gasteiger charge is 2.90. The molecule has 1 saturated heterocycles. The number of amides is 1. The Morgan fingerprint density at radius 1 is 1.32 bits per heavy atom. The number of likely N-dealkylation sites (tertiary alicyclic amines) is 1. The maximum atomic E-state index is 14.0. The van der Waals surface area contributed by atoms with Crippen molar-refractivity contribution in [3.8, 4) is 0 Å². The maximum Gasteiger partial charge on any atom is 0.410 e. The van der Waals surface area contributed by atoms with Gasteiger partial charge in [-0.15, -0.1) is 0 Å². The summed E-state index contributed by atoms with van der Waals surface area (Å²) >= 11 is 0. The van der Waals surface area contributed by atoms with Gasteiger partial charge < -0.3 is 9.64 Å². The fourth-order valence-corrected chi connectivity index (χ4v) is 4.28. The Bertz CT molecular complexity index is 457. The predicted octanol–water partition coefficient (Wildman–Crippen LogP) is 3.14. The molecule has 106 valence electrons. The number of alkyl halides is 1. The monoisotopic (exact) mass is 267 g/mol. The lowest BCUT2D eigenvalue weighted by Crippen LogP contribution is -2.35. The highest BCUT2D eigenvalue weighted by Crippen LogP contribution is 2.88. The van der Waals surface area contributed by atoms with Crippen LogP contribution < -0.4 is 0 Å². The van der Waals surface area contributed by atoms with Crippen LogP contribution in [0.3, 0.4) is 0 Å². The zero-order chi connectivity index (χ0) is 13.7. The summed E-state index contributed by atoms with van der Waals surface area (Å²) in [5.41, 5.74) is -1.11. The van der Waals surface area contributed by atoms with Crippen LogP contribution in [-0.2, 0) is 4.74 Å². The molecule has 0 N–H and O–H groups in total. The van der Waals surface area contributed by atoms with Crippen LogP contribution in [0.25, 0.3) is 0 Å². The van der Waals surface area contributed by atoms with Gasteiger partial charge in [0.2, 0.25) is 0 Å². The lowest BCUT2D eigenvalue weighted by Gasteiger charge is -2.24. The minimum Gasteiger partial charge on any atom is -0.444 e. The van der Waals surface area contributed by atoms with Crippen LogP contribution in [-0.4, -0.2) is 35.4 Å². The van der Waals surface area contributed by atoms with Crippen LogP contribution in [0.1, 0.15) is 46.5 Å². The zero-order valence-electron chi connectivity index (χ0n) is 12.0. The smallest absolute Gasteiger partial charge is 0.410 e. The Morgan fingerprint density at radius 3 is 2.32 bits per heavy atom. The summed E-state index contributed by atoms with van der Waals surface area (Å²) in [7, 11) is 0. The van der Waals surface area contributed by atoms with E-state index in [-0.39, 0.29) is 16.9 Å². The van der Waals surface area contributed by atoms with E-state index in [2.05, 4.69) is 0 Å². The second-order valence-corrected chi connectivity index (χ2v) is 8.25. The van der Waals surface area contributed by atoms with Gasteiger partial charge in [0, 0.05) is 18.5 Å². The molecule has 4 heteroatoms. The minimum absolute atomic E-state index is 0.0414. The van der Waals surface area contributed by atoms with Crippen molar-refractivity contribution in [2.75, 3.05) is 13.1 Å². The van der Waals surface area contributed by atoms with Crippen molar-refractivity contribution in [1.29, 1.82) is 0 Å². The third-order valence-corrected chi connectivity index (χ3v) is 5.69. The number of nitrogens with zero attached hydrogens (tertiary/aromatic N) is 1. The Kier molecular flexibility index (Phi) is 1.85. The Balaban J connectivity index is 1.48. The number of carbonyl (C=O) groups is 1. The van der Waals surface area contributed by atoms with Crippen molar-refractivity contribution in [2.24, 2.45) is 16.7 Å². The van der Waals surface area contributed by atoms with Gasteiger partial charge in [-0.3, -0.25) is 0 Å². The van der Waals surface area contributed by atoms with E-state index in [0.717, 1.165) is 32.2 Å². The molecule has 1 aliphatic heterocycles. The molecule has 19 heavy (non-hydrogen) atoms. The first-order valence-corrected chi connectivity index (χ1v) is 7.37. The summed E-state index contributed by atoms with van der Waals surface area (Å²) in [5.74, 6) is 0.387. The van der Waals surface area contributed by atoms with Crippen LogP contribution in [0.4, 0.5) is 9.18 Å². The van der Waals surface area contributed by atoms with E-state index >= 15 is 0 Å². The highest BCUT2D eigenvalue weighted by molar-refractivity contribution is 5.69. The van der Waals surface area contributed by atoms with Gasteiger partial charge >= 0.3 is 6.09 Å². The van der Waals surface area contributed by atoms with E-state index in [1.165, 1.54) is 0 Å². The fourth-order valence-electron chi connectivity index (χ4n) is 4.28. The van der Waals surface area contributed by atoms with Gasteiger partial charge in [0.25, 0.3) is 0 Å². The number of rotatable bonds is 1. The van der Waals surface area contributed by atoms with E-state index in [1.54, 1.807) is 0 Å². The molecule has 0 aromatic heterocycles. The van der Waals surface area contributed by atoms with Crippen molar-refractivity contribution >= 4 is 6.09 Å². The van der Waals surface area contributed by atoms with Crippen LogP contribution >= 0.6 is 0 Å². The molecule has 1 heterocycles. The quantitative estimate of drug-likeness (QED) is 0.730. The van der Waals surface area contributed by atoms with E-state index in [1.807, 2.05) is 25.7 Å². The first kappa shape index (κ1) is 12.0. The molecule has 1 unspecified atom stereocenters. The van der Waals surface area contributed by atoms with Gasteiger partial charge in [-0.05, 0) is 57.8 Å². The average molecular weight is 267 g/mol. The van der Waals surface area contributed by atoms with Crippen molar-refractivity contribution in [3.05, 3.63) is 0 Å². The summed E-state index contributed by atoms with van der Waals surface area (Å²) in [4.78, 5) is 14.0. The number of halogens is 1. The number of ether oxygens (including phenoxy) is 1. The first-order valence-electron chi connectivity index (χ1n) is 7.37. The number of hydrogen-bond acceptors (Lipinski definition) is 2. The normalized spacial score (nSPS) is 45.1. The molecular formula is C15H22FNO2. The molecule has 3 saturated carbocycles. The predicted molar refractivity (Wildman–Crippen MR) is 68.5 cm³/mol. The zero-order valence-corrected chi connectivity index (χ0v) is 12.0. The Morgan fingerprint density at radius 2 is 1.89 bits per heavy atom. The average Bonchev–Trinajstić information content (AvgIpc) is 3.08. The van der Waals surface area contributed by atoms with Gasteiger partial charge in [-0.25, -0.2) is 9.18 Å². The van der Waals surface area contributed by atoms with Gasteiger partial charge in [0.15, 0.2) is 0 Å². The summed E-state index contributed by atoms with van der Waals surface area (Å²) in [6.45, 7) is 7.15. The molecule has 0 aromatic rings. The third-order valence-electron chi connectivity index (χ3n) is 5.69. The minimum atomic E-state index is -0.850. The molecular weight excluding hydrogens is 245 g/mol. The molecule has 1 spiro atoms. The van der Waals surface area contributed by atoms with Gasteiger partial charge in [-0.1, -0.05) is 0 Å². The van der Waals surface area contributed by atoms with Gasteiger partial charge in [-0.2, -0.15) is 0 Å². The number of hydrogen-bond donors (Lipinski definition) is 0. The molecule has 4 fully saturated rings. The first-order chi connectivity index (χ1) is 8.70. The lowest BCUT2D eigenvalue weighted by molar-refractivity contribution is 0.0280. The van der Waals surface area contributed by atoms with Crippen LogP contribution in [0.2, 0.25) is 0 Å². The molecule has 0 bridgehead atoms. The Hall–Kier alpha value is -0.800. The van der Waals surface area contributed by atoms with E-state index < -0.39 is 11.3 Å². The van der Waals surface area contributed by atoms with Crippen molar-refractivity contribution in [2.45, 2.75) is 57.7 Å². The topological polar surface area (TPSA) is 29.5 Å². The highest BCUT2D eigenvalue weighted by atomic mass is 19.1. The second-order valence-electron chi connectivity index (χ2n) is 8.25. The maximum absolute atomic E-state index is 14.0. The second kappa shape index (κ2) is 2.94. The molecule has 3 aliphatic carbocycles. The number of carbonyl (C=O) groups excluding carboxylic acids is 1. The standard InChI is InChI=1S/C15H22FNO2/c1-12(2,3)19-11(18)17-6-10(13(9-17)4-5-13)14-7-15(14,16)8-14/h10H,4-9H2,1-3H3. The van der Waals surface area contributed by atoms with Crippen LogP contribution in [0.15, 0.2) is 0 Å².